The van der Waals surface area contributed by atoms with Crippen molar-refractivity contribution in [2.45, 2.75) is 25.3 Å². The van der Waals surface area contributed by atoms with Crippen LogP contribution in [0.3, 0.4) is 0 Å². The Hall–Kier alpha value is -1.52. The van der Waals surface area contributed by atoms with Gasteiger partial charge in [-0.2, -0.15) is 11.8 Å². The molecule has 0 aromatic heterocycles. The van der Waals surface area contributed by atoms with Crippen molar-refractivity contribution in [3.63, 3.8) is 0 Å². The molecule has 2 heterocycles. The molecule has 3 nitrogen and oxygen atoms in total. The Bertz CT molecular complexity index is 736. The van der Waals surface area contributed by atoms with Gasteiger partial charge in [-0.15, -0.1) is 0 Å². The van der Waals surface area contributed by atoms with E-state index in [2.05, 4.69) is 39.8 Å². The van der Waals surface area contributed by atoms with Crippen LogP contribution in [0.1, 0.15) is 29.6 Å². The van der Waals surface area contributed by atoms with Gasteiger partial charge < -0.3 is 4.90 Å². The van der Waals surface area contributed by atoms with Crippen LogP contribution in [0.4, 0.5) is 0 Å². The topological polar surface area (TPSA) is 23.6 Å². The van der Waals surface area contributed by atoms with Crippen LogP contribution in [0, 0.1) is 0 Å². The minimum absolute atomic E-state index is 0.192. The van der Waals surface area contributed by atoms with Crippen molar-refractivity contribution in [2.24, 2.45) is 0 Å². The van der Waals surface area contributed by atoms with Crippen LogP contribution in [-0.2, 0) is 0 Å². The summed E-state index contributed by atoms with van der Waals surface area (Å²) in [4.78, 5) is 17.9. The van der Waals surface area contributed by atoms with Crippen molar-refractivity contribution in [1.29, 1.82) is 0 Å². The maximum Gasteiger partial charge on any atom is 0.254 e. The molecule has 4 heteroatoms. The van der Waals surface area contributed by atoms with Gasteiger partial charge in [-0.05, 0) is 47.6 Å². The molecule has 0 aliphatic carbocycles. The highest BCUT2D eigenvalue weighted by Gasteiger charge is 2.26. The third-order valence-corrected chi connectivity index (χ3v) is 6.59. The van der Waals surface area contributed by atoms with E-state index in [0.717, 1.165) is 55.0 Å². The first-order valence-corrected chi connectivity index (χ1v) is 10.6. The summed E-state index contributed by atoms with van der Waals surface area (Å²) in [6.07, 6.45) is 3.70. The second kappa shape index (κ2) is 7.79. The number of carbonyl (C=O) groups is 1. The number of carbonyl (C=O) groups excluding carboxylic acids is 1. The van der Waals surface area contributed by atoms with Crippen molar-refractivity contribution >= 4 is 28.4 Å². The Balaban J connectivity index is 1.49. The molecule has 132 valence electrons. The first kappa shape index (κ1) is 16.9. The molecule has 2 aliphatic heterocycles. The van der Waals surface area contributed by atoms with E-state index in [9.17, 15) is 4.79 Å². The van der Waals surface area contributed by atoms with Crippen LogP contribution in [0.5, 0.6) is 0 Å². The fourth-order valence-electron chi connectivity index (χ4n) is 4.14. The summed E-state index contributed by atoms with van der Waals surface area (Å²) in [7, 11) is 0. The summed E-state index contributed by atoms with van der Waals surface area (Å²) in [5.41, 5.74) is 0.848. The highest BCUT2D eigenvalue weighted by atomic mass is 32.2. The fraction of sp³-hybridized carbons (Fsp3) is 0.476. The third-order valence-electron chi connectivity index (χ3n) is 5.54. The molecular weight excluding hydrogens is 328 g/mol. The van der Waals surface area contributed by atoms with E-state index in [-0.39, 0.29) is 5.91 Å². The van der Waals surface area contributed by atoms with Gasteiger partial charge in [0.05, 0.1) is 0 Å². The lowest BCUT2D eigenvalue weighted by Gasteiger charge is -2.33. The van der Waals surface area contributed by atoms with Gasteiger partial charge in [-0.3, -0.25) is 9.69 Å². The Morgan fingerprint density at radius 3 is 2.60 bits per heavy atom. The standard InChI is InChI=1S/C21H26N2OS/c24-21(20-8-3-6-17-5-1-2-7-19(17)20)23-12-4-11-22(13-14-23)18-9-15-25-16-10-18/h1-3,5-8,18H,4,9-16H2. The molecule has 0 bridgehead atoms. The summed E-state index contributed by atoms with van der Waals surface area (Å²) in [6, 6.07) is 15.0. The molecule has 4 rings (SSSR count). The normalized spacial score (nSPS) is 20.6. The highest BCUT2D eigenvalue weighted by Crippen LogP contribution is 2.24. The monoisotopic (exact) mass is 354 g/mol. The number of benzene rings is 2. The molecule has 2 aromatic rings. The third kappa shape index (κ3) is 3.70. The number of fused-ring (bicyclic) bond motifs is 1. The van der Waals surface area contributed by atoms with E-state index in [1.165, 1.54) is 24.3 Å². The molecule has 2 aromatic carbocycles. The quantitative estimate of drug-likeness (QED) is 0.818. The van der Waals surface area contributed by atoms with Gasteiger partial charge in [0, 0.05) is 37.8 Å². The van der Waals surface area contributed by atoms with E-state index in [1.54, 1.807) is 0 Å². The number of amides is 1. The van der Waals surface area contributed by atoms with E-state index < -0.39 is 0 Å². The number of hydrogen-bond acceptors (Lipinski definition) is 3. The van der Waals surface area contributed by atoms with Crippen LogP contribution in [0.25, 0.3) is 10.8 Å². The molecule has 0 radical (unpaired) electrons. The molecule has 2 aliphatic rings. The maximum absolute atomic E-state index is 13.2. The van der Waals surface area contributed by atoms with E-state index in [1.807, 2.05) is 24.3 Å². The fourth-order valence-corrected chi connectivity index (χ4v) is 5.22. The summed E-state index contributed by atoms with van der Waals surface area (Å²) >= 11 is 2.08. The minimum Gasteiger partial charge on any atom is -0.337 e. The number of thioether (sulfide) groups is 1. The van der Waals surface area contributed by atoms with Crippen molar-refractivity contribution in [3.05, 3.63) is 48.0 Å². The first-order valence-electron chi connectivity index (χ1n) is 9.42. The van der Waals surface area contributed by atoms with Gasteiger partial charge >= 0.3 is 0 Å². The summed E-state index contributed by atoms with van der Waals surface area (Å²) in [5, 5.41) is 2.21. The van der Waals surface area contributed by atoms with Crippen molar-refractivity contribution < 1.29 is 4.79 Å². The van der Waals surface area contributed by atoms with Gasteiger partial charge in [0.1, 0.15) is 0 Å². The Morgan fingerprint density at radius 2 is 1.72 bits per heavy atom. The second-order valence-electron chi connectivity index (χ2n) is 7.05. The zero-order valence-corrected chi connectivity index (χ0v) is 15.5. The average Bonchev–Trinajstić information content (AvgIpc) is 2.94. The van der Waals surface area contributed by atoms with Crippen molar-refractivity contribution in [2.75, 3.05) is 37.7 Å². The Kier molecular flexibility index (Phi) is 5.28. The molecular formula is C21H26N2OS. The summed E-state index contributed by atoms with van der Waals surface area (Å²) in [6.45, 7) is 3.88. The molecule has 0 atom stereocenters. The average molecular weight is 355 g/mol. The molecule has 2 fully saturated rings. The molecule has 0 saturated carbocycles. The number of rotatable bonds is 2. The van der Waals surface area contributed by atoms with Crippen LogP contribution in [-0.4, -0.2) is 59.4 Å². The van der Waals surface area contributed by atoms with Gasteiger partial charge in [-0.25, -0.2) is 0 Å². The predicted octanol–water partition coefficient (Wildman–Crippen LogP) is 3.88. The summed E-state index contributed by atoms with van der Waals surface area (Å²) in [5.74, 6) is 2.78. The second-order valence-corrected chi connectivity index (χ2v) is 8.28. The predicted molar refractivity (Wildman–Crippen MR) is 106 cm³/mol. The van der Waals surface area contributed by atoms with Gasteiger partial charge in [0.15, 0.2) is 0 Å². The van der Waals surface area contributed by atoms with Crippen molar-refractivity contribution in [3.8, 4) is 0 Å². The van der Waals surface area contributed by atoms with E-state index in [4.69, 9.17) is 0 Å². The highest BCUT2D eigenvalue weighted by molar-refractivity contribution is 7.99. The smallest absolute Gasteiger partial charge is 0.254 e. The SMILES string of the molecule is O=C(c1cccc2ccccc12)N1CCCN(C2CCSCC2)CC1. The van der Waals surface area contributed by atoms with Crippen LogP contribution >= 0.6 is 11.8 Å². The minimum atomic E-state index is 0.192. The lowest BCUT2D eigenvalue weighted by atomic mass is 10.0. The van der Waals surface area contributed by atoms with E-state index in [0.29, 0.717) is 0 Å². The molecule has 25 heavy (non-hydrogen) atoms. The molecule has 2 saturated heterocycles. The number of hydrogen-bond donors (Lipinski definition) is 0. The van der Waals surface area contributed by atoms with Crippen LogP contribution in [0.15, 0.2) is 42.5 Å². The molecule has 0 N–H and O–H groups in total. The van der Waals surface area contributed by atoms with Crippen molar-refractivity contribution in [1.82, 2.24) is 9.80 Å². The zero-order valence-electron chi connectivity index (χ0n) is 14.7. The lowest BCUT2D eigenvalue weighted by molar-refractivity contribution is 0.0759. The largest absolute Gasteiger partial charge is 0.337 e. The van der Waals surface area contributed by atoms with Gasteiger partial charge in [0.25, 0.3) is 5.91 Å². The first-order chi connectivity index (χ1) is 12.3. The van der Waals surface area contributed by atoms with E-state index >= 15 is 0 Å². The lowest BCUT2D eigenvalue weighted by Crippen LogP contribution is -2.41. The summed E-state index contributed by atoms with van der Waals surface area (Å²) < 4.78 is 0. The Labute approximate surface area is 154 Å². The zero-order chi connectivity index (χ0) is 17.1. The van der Waals surface area contributed by atoms with Crippen LogP contribution < -0.4 is 0 Å². The molecule has 0 spiro atoms. The maximum atomic E-state index is 13.2. The van der Waals surface area contributed by atoms with Crippen LogP contribution in [0.2, 0.25) is 0 Å². The number of nitrogens with zero attached hydrogens (tertiary/aromatic N) is 2. The molecule has 0 unspecified atom stereocenters. The Morgan fingerprint density at radius 1 is 0.920 bits per heavy atom. The molecule has 1 amide bonds. The van der Waals surface area contributed by atoms with Gasteiger partial charge in [0.2, 0.25) is 0 Å². The van der Waals surface area contributed by atoms with Gasteiger partial charge in [-0.1, -0.05) is 36.4 Å².